The first-order valence-corrected chi connectivity index (χ1v) is 9.19. The molecular weight excluding hydrogens is 488 g/mol. The van der Waals surface area contributed by atoms with Crippen LogP contribution >= 0.6 is 24.0 Å². The van der Waals surface area contributed by atoms with Crippen LogP contribution in [0.3, 0.4) is 0 Å². The topological polar surface area (TPSA) is 67.8 Å². The lowest BCUT2D eigenvalue weighted by Gasteiger charge is -2.13. The first-order valence-electron chi connectivity index (χ1n) is 9.19. The minimum Gasteiger partial charge on any atom is -0.468 e. The van der Waals surface area contributed by atoms with Crippen LogP contribution < -0.4 is 15.4 Å². The Bertz CT molecular complexity index is 560. The number of unbranched alkanes of at least 4 members (excludes halogenated alkanes) is 1. The van der Waals surface area contributed by atoms with E-state index in [2.05, 4.69) is 27.5 Å². The van der Waals surface area contributed by atoms with E-state index in [1.165, 1.54) is 6.20 Å². The van der Waals surface area contributed by atoms with Crippen LogP contribution in [-0.2, 0) is 11.3 Å². The van der Waals surface area contributed by atoms with Gasteiger partial charge in [0.1, 0.15) is 0 Å². The lowest BCUT2D eigenvalue weighted by atomic mass is 10.3. The van der Waals surface area contributed by atoms with Crippen LogP contribution in [0.1, 0.15) is 38.7 Å². The summed E-state index contributed by atoms with van der Waals surface area (Å²) in [6.45, 7) is 5.63. The van der Waals surface area contributed by atoms with Crippen molar-refractivity contribution in [2.45, 2.75) is 45.8 Å². The predicted molar refractivity (Wildman–Crippen MR) is 114 cm³/mol. The van der Waals surface area contributed by atoms with Crippen LogP contribution in [-0.4, -0.2) is 50.0 Å². The minimum absolute atomic E-state index is 0. The number of nitrogens with one attached hydrogen (secondary N) is 2. The van der Waals surface area contributed by atoms with E-state index in [0.29, 0.717) is 31.2 Å². The van der Waals surface area contributed by atoms with Gasteiger partial charge in [-0.1, -0.05) is 19.4 Å². The van der Waals surface area contributed by atoms with Crippen molar-refractivity contribution in [1.82, 2.24) is 15.6 Å². The monoisotopic (exact) mass is 518 g/mol. The maximum Gasteiger partial charge on any atom is 0.422 e. The van der Waals surface area contributed by atoms with Gasteiger partial charge in [-0.15, -0.1) is 24.0 Å². The van der Waals surface area contributed by atoms with E-state index in [1.54, 1.807) is 12.1 Å². The van der Waals surface area contributed by atoms with Gasteiger partial charge in [-0.2, -0.15) is 13.2 Å². The second-order valence-corrected chi connectivity index (χ2v) is 5.81. The third-order valence-corrected chi connectivity index (χ3v) is 3.37. The van der Waals surface area contributed by atoms with Crippen molar-refractivity contribution in [2.75, 3.05) is 32.9 Å². The van der Waals surface area contributed by atoms with Crippen LogP contribution in [0, 0.1) is 0 Å². The van der Waals surface area contributed by atoms with Crippen LogP contribution in [0.15, 0.2) is 23.3 Å². The molecular formula is C18H30F3IN4O2. The van der Waals surface area contributed by atoms with Crippen molar-refractivity contribution in [3.05, 3.63) is 23.9 Å². The Morgan fingerprint density at radius 3 is 2.61 bits per heavy atom. The molecule has 0 aromatic carbocycles. The summed E-state index contributed by atoms with van der Waals surface area (Å²) < 4.78 is 47.3. The smallest absolute Gasteiger partial charge is 0.422 e. The molecule has 0 bridgehead atoms. The van der Waals surface area contributed by atoms with Gasteiger partial charge < -0.3 is 20.1 Å². The fourth-order valence-corrected chi connectivity index (χ4v) is 2.06. The average Bonchev–Trinajstić information content (AvgIpc) is 2.63. The van der Waals surface area contributed by atoms with Crippen molar-refractivity contribution in [3.8, 4) is 5.88 Å². The zero-order chi connectivity index (χ0) is 20.0. The van der Waals surface area contributed by atoms with Gasteiger partial charge >= 0.3 is 6.18 Å². The van der Waals surface area contributed by atoms with Crippen LogP contribution in [0.4, 0.5) is 13.2 Å². The number of pyridine rings is 1. The second kappa shape index (κ2) is 15.6. The molecule has 0 aliphatic heterocycles. The number of hydrogen-bond acceptors (Lipinski definition) is 4. The molecule has 0 aliphatic carbocycles. The molecule has 2 N–H and O–H groups in total. The van der Waals surface area contributed by atoms with E-state index < -0.39 is 12.8 Å². The minimum atomic E-state index is -4.41. The SMILES string of the molecule is CCCCOCCCNC(=NCc1cccnc1OCC(F)(F)F)NCC.I. The molecule has 1 aromatic heterocycles. The van der Waals surface area contributed by atoms with Gasteiger partial charge in [-0.25, -0.2) is 9.98 Å². The lowest BCUT2D eigenvalue weighted by molar-refractivity contribution is -0.154. The maximum absolute atomic E-state index is 12.3. The summed E-state index contributed by atoms with van der Waals surface area (Å²) in [4.78, 5) is 8.26. The first-order chi connectivity index (χ1) is 13.0. The Morgan fingerprint density at radius 2 is 1.93 bits per heavy atom. The Balaban J connectivity index is 0.00000729. The Kier molecular flexibility index (Phi) is 14.9. The molecule has 0 aliphatic rings. The van der Waals surface area contributed by atoms with Crippen molar-refractivity contribution < 1.29 is 22.6 Å². The zero-order valence-electron chi connectivity index (χ0n) is 16.3. The highest BCUT2D eigenvalue weighted by molar-refractivity contribution is 14.0. The lowest BCUT2D eigenvalue weighted by Crippen LogP contribution is -2.38. The van der Waals surface area contributed by atoms with E-state index in [1.807, 2.05) is 6.92 Å². The average molecular weight is 518 g/mol. The number of halogens is 4. The van der Waals surface area contributed by atoms with Gasteiger partial charge in [0, 0.05) is 38.1 Å². The zero-order valence-corrected chi connectivity index (χ0v) is 18.7. The number of aromatic nitrogens is 1. The number of guanidine groups is 1. The Hall–Kier alpha value is -1.30. The van der Waals surface area contributed by atoms with Gasteiger partial charge in [-0.3, -0.25) is 0 Å². The van der Waals surface area contributed by atoms with E-state index in [4.69, 9.17) is 9.47 Å². The largest absolute Gasteiger partial charge is 0.468 e. The van der Waals surface area contributed by atoms with E-state index in [9.17, 15) is 13.2 Å². The fourth-order valence-electron chi connectivity index (χ4n) is 2.06. The Morgan fingerprint density at radius 1 is 1.18 bits per heavy atom. The predicted octanol–water partition coefficient (Wildman–Crippen LogP) is 3.90. The molecule has 0 saturated carbocycles. The van der Waals surface area contributed by atoms with Gasteiger partial charge in [0.05, 0.1) is 6.54 Å². The van der Waals surface area contributed by atoms with Gasteiger partial charge in [0.15, 0.2) is 12.6 Å². The summed E-state index contributed by atoms with van der Waals surface area (Å²) >= 11 is 0. The van der Waals surface area contributed by atoms with Gasteiger partial charge in [-0.05, 0) is 25.8 Å². The van der Waals surface area contributed by atoms with Crippen LogP contribution in [0.5, 0.6) is 5.88 Å². The van der Waals surface area contributed by atoms with Crippen molar-refractivity contribution >= 4 is 29.9 Å². The third kappa shape index (κ3) is 13.0. The molecule has 28 heavy (non-hydrogen) atoms. The molecule has 0 saturated heterocycles. The molecule has 1 rings (SSSR count). The summed E-state index contributed by atoms with van der Waals surface area (Å²) in [5.74, 6) is 0.524. The van der Waals surface area contributed by atoms with Crippen molar-refractivity contribution in [3.63, 3.8) is 0 Å². The highest BCUT2D eigenvalue weighted by atomic mass is 127. The molecule has 1 aromatic rings. The molecule has 0 amide bonds. The maximum atomic E-state index is 12.3. The highest BCUT2D eigenvalue weighted by Crippen LogP contribution is 2.20. The fraction of sp³-hybridized carbons (Fsp3) is 0.667. The molecule has 0 fully saturated rings. The van der Waals surface area contributed by atoms with Gasteiger partial charge in [0.2, 0.25) is 5.88 Å². The summed E-state index contributed by atoms with van der Waals surface area (Å²) in [6.07, 6.45) is -0.0184. The number of rotatable bonds is 12. The summed E-state index contributed by atoms with van der Waals surface area (Å²) in [5.41, 5.74) is 0.488. The standard InChI is InChI=1S/C18H29F3N4O2.HI/c1-3-5-11-26-12-7-10-24-17(22-4-2)25-13-15-8-6-9-23-16(15)27-14-18(19,20)21;/h6,8-9H,3-5,7,10-14H2,1-2H3,(H2,22,24,25);1H. The van der Waals surface area contributed by atoms with Crippen LogP contribution in [0.25, 0.3) is 0 Å². The van der Waals surface area contributed by atoms with E-state index in [0.717, 1.165) is 25.9 Å². The van der Waals surface area contributed by atoms with E-state index in [-0.39, 0.29) is 36.4 Å². The van der Waals surface area contributed by atoms with Crippen molar-refractivity contribution in [2.24, 2.45) is 4.99 Å². The quantitative estimate of drug-likeness (QED) is 0.190. The highest BCUT2D eigenvalue weighted by Gasteiger charge is 2.29. The third-order valence-electron chi connectivity index (χ3n) is 3.37. The number of ether oxygens (including phenoxy) is 2. The van der Waals surface area contributed by atoms with Crippen molar-refractivity contribution in [1.29, 1.82) is 0 Å². The van der Waals surface area contributed by atoms with Gasteiger partial charge in [0.25, 0.3) is 0 Å². The van der Waals surface area contributed by atoms with E-state index >= 15 is 0 Å². The summed E-state index contributed by atoms with van der Waals surface area (Å²) in [7, 11) is 0. The summed E-state index contributed by atoms with van der Waals surface area (Å²) in [6, 6.07) is 3.28. The number of alkyl halides is 3. The Labute approximate surface area is 181 Å². The molecule has 6 nitrogen and oxygen atoms in total. The molecule has 0 radical (unpaired) electrons. The molecule has 0 spiro atoms. The number of aliphatic imine (C=N–C) groups is 1. The molecule has 10 heteroatoms. The molecule has 162 valence electrons. The molecule has 1 heterocycles. The number of hydrogen-bond donors (Lipinski definition) is 2. The first kappa shape index (κ1) is 26.7. The number of nitrogens with zero attached hydrogens (tertiary/aromatic N) is 2. The molecule has 0 atom stereocenters. The normalized spacial score (nSPS) is 11.7. The molecule has 0 unspecified atom stereocenters. The van der Waals surface area contributed by atoms with Crippen LogP contribution in [0.2, 0.25) is 0 Å². The summed E-state index contributed by atoms with van der Waals surface area (Å²) in [5, 5.41) is 6.27. The second-order valence-electron chi connectivity index (χ2n) is 5.81.